The molecule has 1 spiro atoms. The molecule has 0 aromatic rings. The van der Waals surface area contributed by atoms with Gasteiger partial charge in [0, 0.05) is 12.1 Å². The molecule has 3 aliphatic rings. The van der Waals surface area contributed by atoms with Crippen LogP contribution in [0.1, 0.15) is 79.6 Å². The molecule has 0 radical (unpaired) electrons. The maximum atomic E-state index is 14.3. The summed E-state index contributed by atoms with van der Waals surface area (Å²) in [6.45, 7) is 17.5. The third-order valence-corrected chi connectivity index (χ3v) is 8.62. The Hall–Kier alpha value is -2.19. The van der Waals surface area contributed by atoms with Gasteiger partial charge in [0.15, 0.2) is 0 Å². The van der Waals surface area contributed by atoms with Crippen LogP contribution in [-0.4, -0.2) is 81.3 Å². The Morgan fingerprint density at radius 3 is 2.49 bits per heavy atom. The third kappa shape index (κ3) is 4.87. The zero-order valence-corrected chi connectivity index (χ0v) is 23.3. The fourth-order valence-corrected chi connectivity index (χ4v) is 6.73. The highest BCUT2D eigenvalue weighted by molar-refractivity contribution is 5.99. The Labute approximate surface area is 222 Å². The molecule has 3 rings (SSSR count). The number of carbonyl (C=O) groups excluding carboxylic acids is 3. The average molecular weight is 519 g/mol. The first kappa shape index (κ1) is 29.4. The van der Waals surface area contributed by atoms with Crippen LogP contribution in [0.4, 0.5) is 0 Å². The normalized spacial score (nSPS) is 31.2. The van der Waals surface area contributed by atoms with Crippen LogP contribution >= 0.6 is 0 Å². The SMILES string of the molecule is C=CCCCCOC(=O)[C@H]1[C@H]2C(=O)N([C@@H](CC)CO)C(C(=O)N(CC=C)C(C)(C)C)C23CC[C@]1(CC)O3. The number of carbonyl (C=O) groups is 3. The molecule has 8 heteroatoms. The fourth-order valence-electron chi connectivity index (χ4n) is 6.73. The van der Waals surface area contributed by atoms with E-state index in [-0.39, 0.29) is 25.0 Å². The molecule has 2 bridgehead atoms. The van der Waals surface area contributed by atoms with Crippen molar-refractivity contribution in [2.75, 3.05) is 19.8 Å². The van der Waals surface area contributed by atoms with Gasteiger partial charge in [-0.05, 0) is 65.7 Å². The molecule has 0 aromatic heterocycles. The van der Waals surface area contributed by atoms with Gasteiger partial charge in [-0.1, -0.05) is 26.0 Å². The van der Waals surface area contributed by atoms with Crippen molar-refractivity contribution in [3.63, 3.8) is 0 Å². The molecule has 6 atom stereocenters. The molecule has 2 unspecified atom stereocenters. The van der Waals surface area contributed by atoms with Crippen LogP contribution in [0.5, 0.6) is 0 Å². The molecule has 3 heterocycles. The van der Waals surface area contributed by atoms with Gasteiger partial charge in [0.1, 0.15) is 17.6 Å². The maximum Gasteiger partial charge on any atom is 0.312 e. The summed E-state index contributed by atoms with van der Waals surface area (Å²) in [4.78, 5) is 45.3. The van der Waals surface area contributed by atoms with E-state index in [0.717, 1.165) is 12.8 Å². The van der Waals surface area contributed by atoms with Gasteiger partial charge in [0.2, 0.25) is 11.8 Å². The summed E-state index contributed by atoms with van der Waals surface area (Å²) in [6.07, 6.45) is 8.04. The van der Waals surface area contributed by atoms with Gasteiger partial charge in [0.05, 0.1) is 30.8 Å². The van der Waals surface area contributed by atoms with E-state index in [4.69, 9.17) is 9.47 Å². The maximum absolute atomic E-state index is 14.3. The Balaban J connectivity index is 2.05. The van der Waals surface area contributed by atoms with Crippen LogP contribution in [-0.2, 0) is 23.9 Å². The Kier molecular flexibility index (Phi) is 8.95. The molecule has 0 aliphatic carbocycles. The summed E-state index contributed by atoms with van der Waals surface area (Å²) >= 11 is 0. The molecule has 3 aliphatic heterocycles. The second-order valence-corrected chi connectivity index (χ2v) is 11.7. The molecule has 3 saturated heterocycles. The van der Waals surface area contributed by atoms with E-state index < -0.39 is 46.6 Å². The summed E-state index contributed by atoms with van der Waals surface area (Å²) in [6, 6.07) is -1.48. The zero-order valence-electron chi connectivity index (χ0n) is 23.3. The van der Waals surface area contributed by atoms with Crippen LogP contribution in [0.2, 0.25) is 0 Å². The number of hydrogen-bond acceptors (Lipinski definition) is 6. The number of aliphatic hydroxyl groups is 1. The van der Waals surface area contributed by atoms with E-state index in [1.54, 1.807) is 11.0 Å². The quantitative estimate of drug-likeness (QED) is 0.227. The summed E-state index contributed by atoms with van der Waals surface area (Å²) < 4.78 is 12.5. The topological polar surface area (TPSA) is 96.4 Å². The molecular formula is C29H46N2O6. The van der Waals surface area contributed by atoms with Crippen LogP contribution in [0.3, 0.4) is 0 Å². The van der Waals surface area contributed by atoms with Crippen LogP contribution in [0.15, 0.2) is 25.3 Å². The lowest BCUT2D eigenvalue weighted by molar-refractivity contribution is -0.164. The molecule has 1 N–H and O–H groups in total. The van der Waals surface area contributed by atoms with E-state index >= 15 is 0 Å². The van der Waals surface area contributed by atoms with Crippen LogP contribution < -0.4 is 0 Å². The van der Waals surface area contributed by atoms with Crippen LogP contribution in [0, 0.1) is 11.8 Å². The minimum absolute atomic E-state index is 0.236. The fraction of sp³-hybridized carbons (Fsp3) is 0.759. The largest absolute Gasteiger partial charge is 0.465 e. The highest BCUT2D eigenvalue weighted by atomic mass is 16.6. The number of nitrogens with zero attached hydrogens (tertiary/aromatic N) is 2. The number of unbranched alkanes of at least 4 members (excludes halogenated alkanes) is 2. The number of rotatable bonds is 13. The molecule has 0 saturated carbocycles. The average Bonchev–Trinajstić information content (AvgIpc) is 3.46. The molecule has 208 valence electrons. The lowest BCUT2D eigenvalue weighted by Gasteiger charge is -2.43. The number of hydrogen-bond donors (Lipinski definition) is 1. The first-order valence-corrected chi connectivity index (χ1v) is 13.8. The summed E-state index contributed by atoms with van der Waals surface area (Å²) in [5.74, 6) is -2.56. The monoisotopic (exact) mass is 518 g/mol. The molecule has 8 nitrogen and oxygen atoms in total. The van der Waals surface area contributed by atoms with Gasteiger partial charge in [-0.25, -0.2) is 0 Å². The number of esters is 1. The van der Waals surface area contributed by atoms with E-state index in [9.17, 15) is 19.5 Å². The highest BCUT2D eigenvalue weighted by Crippen LogP contribution is 2.65. The second kappa shape index (κ2) is 11.3. The second-order valence-electron chi connectivity index (χ2n) is 11.7. The van der Waals surface area contributed by atoms with Crippen molar-refractivity contribution >= 4 is 17.8 Å². The van der Waals surface area contributed by atoms with Crippen molar-refractivity contribution in [2.24, 2.45) is 11.8 Å². The van der Waals surface area contributed by atoms with Gasteiger partial charge < -0.3 is 24.4 Å². The number of fused-ring (bicyclic) bond motifs is 1. The van der Waals surface area contributed by atoms with Gasteiger partial charge in [-0.15, -0.1) is 13.2 Å². The standard InChI is InChI=1S/C29H46N2O6/c1-8-12-13-14-18-36-26(35)22-21-24(33)31(20(10-3)19-32)23(25(34)30(17-9-2)27(5,6)7)29(21)16-15-28(22,11-4)37-29/h8-9,20-23,32H,1-2,10-19H2,3-7H3/t20-,21-,22+,23?,28-,29?/m0/s1. The van der Waals surface area contributed by atoms with Crippen molar-refractivity contribution in [3.05, 3.63) is 25.3 Å². The summed E-state index contributed by atoms with van der Waals surface area (Å²) in [5, 5.41) is 10.2. The summed E-state index contributed by atoms with van der Waals surface area (Å²) in [5.41, 5.74) is -2.50. The highest BCUT2D eigenvalue weighted by Gasteiger charge is 2.79. The lowest BCUT2D eigenvalue weighted by Crippen LogP contribution is -2.61. The Morgan fingerprint density at radius 1 is 1.24 bits per heavy atom. The Morgan fingerprint density at radius 2 is 1.95 bits per heavy atom. The predicted molar refractivity (Wildman–Crippen MR) is 142 cm³/mol. The molecular weight excluding hydrogens is 472 g/mol. The molecule has 37 heavy (non-hydrogen) atoms. The van der Waals surface area contributed by atoms with Gasteiger partial charge in [-0.2, -0.15) is 0 Å². The van der Waals surface area contributed by atoms with Crippen LogP contribution in [0.25, 0.3) is 0 Å². The minimum atomic E-state index is -1.13. The zero-order chi connectivity index (χ0) is 27.6. The smallest absolute Gasteiger partial charge is 0.312 e. The Bertz CT molecular complexity index is 893. The number of amides is 2. The van der Waals surface area contributed by atoms with Crippen molar-refractivity contribution in [2.45, 2.75) is 108 Å². The predicted octanol–water partition coefficient (Wildman–Crippen LogP) is 3.62. The van der Waals surface area contributed by atoms with E-state index in [1.165, 1.54) is 4.90 Å². The summed E-state index contributed by atoms with van der Waals surface area (Å²) in [7, 11) is 0. The molecule has 2 amide bonds. The van der Waals surface area contributed by atoms with Gasteiger partial charge in [-0.3, -0.25) is 14.4 Å². The van der Waals surface area contributed by atoms with Gasteiger partial charge >= 0.3 is 5.97 Å². The number of likely N-dealkylation sites (tertiary alicyclic amines) is 1. The number of aliphatic hydroxyl groups excluding tert-OH is 1. The van der Waals surface area contributed by atoms with Crippen molar-refractivity contribution in [3.8, 4) is 0 Å². The van der Waals surface area contributed by atoms with Crippen molar-refractivity contribution in [1.82, 2.24) is 9.80 Å². The van der Waals surface area contributed by atoms with E-state index in [2.05, 4.69) is 13.2 Å². The first-order valence-electron chi connectivity index (χ1n) is 13.8. The first-order chi connectivity index (χ1) is 17.5. The molecule has 3 fully saturated rings. The van der Waals surface area contributed by atoms with E-state index in [0.29, 0.717) is 38.6 Å². The van der Waals surface area contributed by atoms with Crippen molar-refractivity contribution < 1.29 is 29.0 Å². The third-order valence-electron chi connectivity index (χ3n) is 8.62. The van der Waals surface area contributed by atoms with Gasteiger partial charge in [0.25, 0.3) is 0 Å². The molecule has 0 aromatic carbocycles. The van der Waals surface area contributed by atoms with Crippen molar-refractivity contribution in [1.29, 1.82) is 0 Å². The minimum Gasteiger partial charge on any atom is -0.465 e. The van der Waals surface area contributed by atoms with E-state index in [1.807, 2.05) is 40.7 Å². The lowest BCUT2D eigenvalue weighted by atomic mass is 9.65. The number of allylic oxidation sites excluding steroid dienone is 1. The number of ether oxygens (including phenoxy) is 2.